The van der Waals surface area contributed by atoms with Crippen LogP contribution in [0.15, 0.2) is 51.9 Å². The first kappa shape index (κ1) is 19.1. The molecule has 1 heterocycles. The van der Waals surface area contributed by atoms with Gasteiger partial charge in [0.1, 0.15) is 5.75 Å². The maximum atomic E-state index is 12.6. The first-order valence-corrected chi connectivity index (χ1v) is 9.92. The zero-order chi connectivity index (χ0) is 19.4. The number of rotatable bonds is 7. The molecule has 0 bridgehead atoms. The predicted octanol–water partition coefficient (Wildman–Crippen LogP) is 2.88. The molecule has 0 aliphatic rings. The highest BCUT2D eigenvalue weighted by Crippen LogP contribution is 2.25. The first-order chi connectivity index (χ1) is 12.9. The Labute approximate surface area is 158 Å². The van der Waals surface area contributed by atoms with Gasteiger partial charge in [0, 0.05) is 18.5 Å². The van der Waals surface area contributed by atoms with Gasteiger partial charge in [0.2, 0.25) is 21.7 Å². The van der Waals surface area contributed by atoms with Gasteiger partial charge in [0.05, 0.1) is 12.0 Å². The molecule has 1 N–H and O–H groups in total. The molecular formula is C19H21N3O4S. The monoisotopic (exact) mass is 387 g/mol. The quantitative estimate of drug-likeness (QED) is 0.670. The van der Waals surface area contributed by atoms with Crippen molar-refractivity contribution in [3.05, 3.63) is 59.5 Å². The topological polar surface area (TPSA) is 94.3 Å². The van der Waals surface area contributed by atoms with Crippen LogP contribution in [0, 0.1) is 13.8 Å². The van der Waals surface area contributed by atoms with Crippen LogP contribution in [-0.4, -0.2) is 32.2 Å². The largest absolute Gasteiger partial charge is 0.496 e. The van der Waals surface area contributed by atoms with E-state index in [2.05, 4.69) is 14.9 Å². The number of sulfonamides is 1. The molecular weight excluding hydrogens is 366 g/mol. The molecule has 0 unspecified atom stereocenters. The second kappa shape index (κ2) is 7.89. The summed E-state index contributed by atoms with van der Waals surface area (Å²) in [6.07, 6.45) is 0.299. The van der Waals surface area contributed by atoms with Crippen LogP contribution < -0.4 is 9.46 Å². The maximum Gasteiger partial charge on any atom is 0.240 e. The average molecular weight is 387 g/mol. The van der Waals surface area contributed by atoms with Gasteiger partial charge in [-0.15, -0.1) is 0 Å². The molecule has 142 valence electrons. The molecule has 7 nitrogen and oxygen atoms in total. The van der Waals surface area contributed by atoms with Gasteiger partial charge in [0.15, 0.2) is 0 Å². The van der Waals surface area contributed by atoms with E-state index in [9.17, 15) is 8.42 Å². The van der Waals surface area contributed by atoms with Gasteiger partial charge in [-0.2, -0.15) is 4.98 Å². The summed E-state index contributed by atoms with van der Waals surface area (Å²) in [6.45, 7) is 3.70. The SMILES string of the molecule is COc1cc(C)c(S(=O)(=O)NCCc2nc(-c3ccccc3)no2)cc1C. The molecule has 0 aliphatic heterocycles. The van der Waals surface area contributed by atoms with Gasteiger partial charge in [-0.25, -0.2) is 13.1 Å². The third kappa shape index (κ3) is 4.35. The van der Waals surface area contributed by atoms with Crippen molar-refractivity contribution >= 4 is 10.0 Å². The lowest BCUT2D eigenvalue weighted by Gasteiger charge is -2.12. The van der Waals surface area contributed by atoms with Crippen molar-refractivity contribution in [3.8, 4) is 17.1 Å². The molecule has 0 aliphatic carbocycles. The van der Waals surface area contributed by atoms with Crippen LogP contribution in [0.1, 0.15) is 17.0 Å². The number of methoxy groups -OCH3 is 1. The zero-order valence-corrected chi connectivity index (χ0v) is 16.2. The summed E-state index contributed by atoms with van der Waals surface area (Å²) >= 11 is 0. The van der Waals surface area contributed by atoms with Crippen molar-refractivity contribution in [3.63, 3.8) is 0 Å². The van der Waals surface area contributed by atoms with Crippen molar-refractivity contribution in [2.24, 2.45) is 0 Å². The van der Waals surface area contributed by atoms with E-state index in [0.29, 0.717) is 29.4 Å². The summed E-state index contributed by atoms with van der Waals surface area (Å²) in [4.78, 5) is 4.53. The molecule has 0 saturated heterocycles. The summed E-state index contributed by atoms with van der Waals surface area (Å²) in [5.41, 5.74) is 2.22. The molecule has 0 fully saturated rings. The molecule has 0 atom stereocenters. The van der Waals surface area contributed by atoms with Crippen LogP contribution in [0.4, 0.5) is 0 Å². The molecule has 3 rings (SSSR count). The molecule has 2 aromatic carbocycles. The Hall–Kier alpha value is -2.71. The van der Waals surface area contributed by atoms with Crippen LogP contribution in [0.3, 0.4) is 0 Å². The van der Waals surface area contributed by atoms with E-state index in [1.54, 1.807) is 33.1 Å². The summed E-state index contributed by atoms with van der Waals surface area (Å²) in [5.74, 6) is 1.51. The third-order valence-electron chi connectivity index (χ3n) is 4.11. The van der Waals surface area contributed by atoms with E-state index >= 15 is 0 Å². The Morgan fingerprint density at radius 3 is 2.56 bits per heavy atom. The Morgan fingerprint density at radius 2 is 1.85 bits per heavy atom. The van der Waals surface area contributed by atoms with Crippen LogP contribution in [0.25, 0.3) is 11.4 Å². The maximum absolute atomic E-state index is 12.6. The van der Waals surface area contributed by atoms with Gasteiger partial charge in [-0.05, 0) is 37.1 Å². The summed E-state index contributed by atoms with van der Waals surface area (Å²) in [6, 6.07) is 12.8. The molecule has 0 spiro atoms. The lowest BCUT2D eigenvalue weighted by molar-refractivity contribution is 0.379. The summed E-state index contributed by atoms with van der Waals surface area (Å²) < 4.78 is 38.2. The Morgan fingerprint density at radius 1 is 1.11 bits per heavy atom. The fraction of sp³-hybridized carbons (Fsp3) is 0.263. The zero-order valence-electron chi connectivity index (χ0n) is 15.4. The summed E-state index contributed by atoms with van der Waals surface area (Å²) in [5, 5.41) is 3.93. The van der Waals surface area contributed by atoms with Gasteiger partial charge in [0.25, 0.3) is 0 Å². The Balaban J connectivity index is 1.67. The van der Waals surface area contributed by atoms with Crippen molar-refractivity contribution in [1.82, 2.24) is 14.9 Å². The normalized spacial score (nSPS) is 11.5. The van der Waals surface area contributed by atoms with E-state index in [0.717, 1.165) is 11.1 Å². The van der Waals surface area contributed by atoms with Crippen molar-refractivity contribution in [2.75, 3.05) is 13.7 Å². The second-order valence-electron chi connectivity index (χ2n) is 6.11. The fourth-order valence-electron chi connectivity index (χ4n) is 2.70. The predicted molar refractivity (Wildman–Crippen MR) is 101 cm³/mol. The van der Waals surface area contributed by atoms with E-state index in [-0.39, 0.29) is 11.4 Å². The highest BCUT2D eigenvalue weighted by atomic mass is 32.2. The van der Waals surface area contributed by atoms with Crippen LogP contribution in [-0.2, 0) is 16.4 Å². The van der Waals surface area contributed by atoms with Gasteiger partial charge in [-0.3, -0.25) is 0 Å². The smallest absolute Gasteiger partial charge is 0.240 e. The number of hydrogen-bond donors (Lipinski definition) is 1. The number of aryl methyl sites for hydroxylation is 2. The molecule has 8 heteroatoms. The average Bonchev–Trinajstić information content (AvgIpc) is 3.12. The van der Waals surface area contributed by atoms with Gasteiger partial charge in [-0.1, -0.05) is 35.5 Å². The molecule has 3 aromatic rings. The number of ether oxygens (including phenoxy) is 1. The minimum Gasteiger partial charge on any atom is -0.496 e. The van der Waals surface area contributed by atoms with Crippen LogP contribution in [0.2, 0.25) is 0 Å². The molecule has 27 heavy (non-hydrogen) atoms. The third-order valence-corrected chi connectivity index (χ3v) is 5.72. The highest BCUT2D eigenvalue weighted by Gasteiger charge is 2.19. The van der Waals surface area contributed by atoms with E-state index < -0.39 is 10.0 Å². The Kier molecular flexibility index (Phi) is 5.57. The van der Waals surface area contributed by atoms with Crippen LogP contribution >= 0.6 is 0 Å². The number of nitrogens with zero attached hydrogens (tertiary/aromatic N) is 2. The van der Waals surface area contributed by atoms with Crippen molar-refractivity contribution in [1.29, 1.82) is 0 Å². The highest BCUT2D eigenvalue weighted by molar-refractivity contribution is 7.89. The number of nitrogens with one attached hydrogen (secondary N) is 1. The number of benzene rings is 2. The lowest BCUT2D eigenvalue weighted by atomic mass is 10.1. The van der Waals surface area contributed by atoms with E-state index in [4.69, 9.17) is 9.26 Å². The standard InChI is InChI=1S/C19H21N3O4S/c1-13-12-17(14(2)11-16(13)25-3)27(23,24)20-10-9-18-21-19(22-26-18)15-7-5-4-6-8-15/h4-8,11-12,20H,9-10H2,1-3H3. The number of hydrogen-bond acceptors (Lipinski definition) is 6. The number of aromatic nitrogens is 2. The fourth-order valence-corrected chi connectivity index (χ4v) is 4.04. The molecule has 1 aromatic heterocycles. The minimum absolute atomic E-state index is 0.156. The van der Waals surface area contributed by atoms with Gasteiger partial charge < -0.3 is 9.26 Å². The van der Waals surface area contributed by atoms with Crippen molar-refractivity contribution < 1.29 is 17.7 Å². The minimum atomic E-state index is -3.65. The Bertz CT molecular complexity index is 1030. The van der Waals surface area contributed by atoms with Crippen molar-refractivity contribution in [2.45, 2.75) is 25.2 Å². The molecule has 0 saturated carbocycles. The first-order valence-electron chi connectivity index (χ1n) is 8.43. The second-order valence-corrected chi connectivity index (χ2v) is 7.85. The molecule has 0 amide bonds. The molecule has 0 radical (unpaired) electrons. The summed E-state index contributed by atoms with van der Waals surface area (Å²) in [7, 11) is -2.09. The van der Waals surface area contributed by atoms with Gasteiger partial charge >= 0.3 is 0 Å². The lowest BCUT2D eigenvalue weighted by Crippen LogP contribution is -2.26. The van der Waals surface area contributed by atoms with E-state index in [1.165, 1.54) is 0 Å². The van der Waals surface area contributed by atoms with E-state index in [1.807, 2.05) is 30.3 Å². The van der Waals surface area contributed by atoms with Crippen LogP contribution in [0.5, 0.6) is 5.75 Å².